The fourth-order valence-electron chi connectivity index (χ4n) is 4.50. The predicted octanol–water partition coefficient (Wildman–Crippen LogP) is 11.1. The van der Waals surface area contributed by atoms with E-state index in [0.29, 0.717) is 74.1 Å². The Kier molecular flexibility index (Phi) is 17.5. The monoisotopic (exact) mass is 821 g/mol. The molecule has 0 spiro atoms. The smallest absolute Gasteiger partial charge is 0.277 e. The lowest BCUT2D eigenvalue weighted by atomic mass is 10.0. The van der Waals surface area contributed by atoms with Gasteiger partial charge in [0.25, 0.3) is 15.7 Å². The van der Waals surface area contributed by atoms with Crippen molar-refractivity contribution in [2.24, 2.45) is 0 Å². The Hall–Kier alpha value is -4.15. The SMILES string of the molecule is CC(C)Sc1nnc(-c2ccc(C(C)C)cc2)o1.CC(C)Sc1nnc(-c2ccc(OCCn3cc(C(C)C)nn3)cc2)o1.CC(C)Sc1nnc(C(C)C)o1. The van der Waals surface area contributed by atoms with Crippen LogP contribution < -0.4 is 4.74 Å². The van der Waals surface area contributed by atoms with E-state index < -0.39 is 0 Å². The molecular formula is C40H55N9O4S3. The van der Waals surface area contributed by atoms with E-state index in [1.165, 1.54) is 5.56 Å². The molecule has 0 radical (unpaired) electrons. The molecule has 16 heteroatoms. The zero-order chi connectivity index (χ0) is 40.8. The Bertz CT molecular complexity index is 2000. The summed E-state index contributed by atoms with van der Waals surface area (Å²) in [5.41, 5.74) is 4.15. The number of aromatic nitrogens is 9. The van der Waals surface area contributed by atoms with Gasteiger partial charge in [0.15, 0.2) is 0 Å². The van der Waals surface area contributed by atoms with Crippen molar-refractivity contribution < 1.29 is 18.0 Å². The molecule has 0 saturated heterocycles. The molecule has 2 aromatic carbocycles. The summed E-state index contributed by atoms with van der Waals surface area (Å²) in [4.78, 5) is 0. The van der Waals surface area contributed by atoms with Crippen molar-refractivity contribution in [1.29, 1.82) is 0 Å². The molecule has 0 aliphatic heterocycles. The van der Waals surface area contributed by atoms with Crippen molar-refractivity contribution in [2.45, 2.75) is 139 Å². The molecule has 0 amide bonds. The van der Waals surface area contributed by atoms with E-state index >= 15 is 0 Å². The minimum atomic E-state index is 0.319. The molecule has 56 heavy (non-hydrogen) atoms. The van der Waals surface area contributed by atoms with Crippen LogP contribution in [0.3, 0.4) is 0 Å². The Labute approximate surface area is 343 Å². The third kappa shape index (κ3) is 14.7. The molecule has 302 valence electrons. The van der Waals surface area contributed by atoms with Gasteiger partial charge in [-0.1, -0.05) is 136 Å². The predicted molar refractivity (Wildman–Crippen MR) is 225 cm³/mol. The maximum atomic E-state index is 5.77. The van der Waals surface area contributed by atoms with Crippen LogP contribution in [0.15, 0.2) is 83.6 Å². The summed E-state index contributed by atoms with van der Waals surface area (Å²) in [5, 5.41) is 35.6. The molecule has 4 heterocycles. The van der Waals surface area contributed by atoms with Gasteiger partial charge < -0.3 is 18.0 Å². The van der Waals surface area contributed by atoms with Gasteiger partial charge in [0, 0.05) is 39.0 Å². The molecule has 0 aliphatic carbocycles. The third-order valence-corrected chi connectivity index (χ3v) is 9.92. The van der Waals surface area contributed by atoms with Crippen LogP contribution in [0.25, 0.3) is 22.9 Å². The lowest BCUT2D eigenvalue weighted by molar-refractivity contribution is 0.289. The quantitative estimate of drug-likeness (QED) is 0.0900. The number of thioether (sulfide) groups is 3. The van der Waals surface area contributed by atoms with Gasteiger partial charge in [-0.3, -0.25) is 0 Å². The van der Waals surface area contributed by atoms with Crippen molar-refractivity contribution in [3.63, 3.8) is 0 Å². The topological polar surface area (TPSA) is 157 Å². The van der Waals surface area contributed by atoms with Crippen molar-refractivity contribution in [3.05, 3.63) is 71.9 Å². The van der Waals surface area contributed by atoms with Crippen LogP contribution in [0.2, 0.25) is 0 Å². The van der Waals surface area contributed by atoms with Crippen LogP contribution in [-0.4, -0.2) is 67.9 Å². The van der Waals surface area contributed by atoms with E-state index in [9.17, 15) is 0 Å². The number of rotatable bonds is 15. The van der Waals surface area contributed by atoms with Crippen molar-refractivity contribution in [2.75, 3.05) is 6.61 Å². The number of hydrogen-bond acceptors (Lipinski definition) is 15. The highest BCUT2D eigenvalue weighted by molar-refractivity contribution is 8.00. The summed E-state index contributed by atoms with van der Waals surface area (Å²) in [6.45, 7) is 26.4. The fraction of sp³-hybridized carbons (Fsp3) is 0.500. The summed E-state index contributed by atoms with van der Waals surface area (Å²) >= 11 is 4.73. The first-order valence-corrected chi connectivity index (χ1v) is 21.5. The molecule has 0 fully saturated rings. The second-order valence-electron chi connectivity index (χ2n) is 14.5. The summed E-state index contributed by atoms with van der Waals surface area (Å²) in [6.07, 6.45) is 1.96. The third-order valence-electron chi connectivity index (χ3n) is 7.40. The Morgan fingerprint density at radius 3 is 1.45 bits per heavy atom. The van der Waals surface area contributed by atoms with Crippen LogP contribution in [0.1, 0.15) is 118 Å². The molecular weight excluding hydrogens is 767 g/mol. The van der Waals surface area contributed by atoms with Crippen molar-refractivity contribution in [3.8, 4) is 28.7 Å². The number of nitrogens with zero attached hydrogens (tertiary/aromatic N) is 9. The molecule has 0 bridgehead atoms. The van der Waals surface area contributed by atoms with E-state index in [0.717, 1.165) is 28.5 Å². The molecule has 6 rings (SSSR count). The first kappa shape index (κ1) is 44.6. The van der Waals surface area contributed by atoms with Crippen LogP contribution in [0.5, 0.6) is 5.75 Å². The maximum absolute atomic E-state index is 5.77. The summed E-state index contributed by atoms with van der Waals surface area (Å²) in [7, 11) is 0. The molecule has 0 saturated carbocycles. The Balaban J connectivity index is 0.000000201. The van der Waals surface area contributed by atoms with E-state index in [1.54, 1.807) is 40.0 Å². The highest BCUT2D eigenvalue weighted by Crippen LogP contribution is 2.28. The van der Waals surface area contributed by atoms with Gasteiger partial charge in [0.05, 0.1) is 12.2 Å². The molecule has 0 aliphatic rings. The van der Waals surface area contributed by atoms with Gasteiger partial charge in [-0.05, 0) is 53.8 Å². The first-order valence-electron chi connectivity index (χ1n) is 18.9. The number of hydrogen-bond donors (Lipinski definition) is 0. The average Bonchev–Trinajstić information content (AvgIpc) is 3.97. The Morgan fingerprint density at radius 1 is 0.536 bits per heavy atom. The molecule has 4 aromatic heterocycles. The van der Waals surface area contributed by atoms with Crippen LogP contribution >= 0.6 is 35.3 Å². The highest BCUT2D eigenvalue weighted by atomic mass is 32.2. The van der Waals surface area contributed by atoms with Crippen molar-refractivity contribution in [1.82, 2.24) is 45.6 Å². The largest absolute Gasteiger partial charge is 0.492 e. The van der Waals surface area contributed by atoms with Gasteiger partial charge in [-0.25, -0.2) is 4.68 Å². The second-order valence-corrected chi connectivity index (χ2v) is 19.1. The van der Waals surface area contributed by atoms with E-state index in [1.807, 2.05) is 56.4 Å². The Morgan fingerprint density at radius 2 is 1.02 bits per heavy atom. The minimum Gasteiger partial charge on any atom is -0.492 e. The molecule has 6 aromatic rings. The lowest BCUT2D eigenvalue weighted by Crippen LogP contribution is -2.08. The van der Waals surface area contributed by atoms with Crippen LogP contribution in [0, 0.1) is 0 Å². The zero-order valence-electron chi connectivity index (χ0n) is 34.5. The summed E-state index contributed by atoms with van der Waals surface area (Å²) in [5.74, 6) is 3.85. The van der Waals surface area contributed by atoms with Crippen LogP contribution in [-0.2, 0) is 6.54 Å². The van der Waals surface area contributed by atoms with E-state index in [4.69, 9.17) is 18.0 Å². The molecule has 0 atom stereocenters. The zero-order valence-corrected chi connectivity index (χ0v) is 36.9. The van der Waals surface area contributed by atoms with Gasteiger partial charge in [0.2, 0.25) is 17.7 Å². The standard InChI is InChI=1S/C18H23N5O2S.C14H18N2OS.C8H14N2OS/c1-12(2)16-11-23(22-19-16)9-10-24-15-7-5-14(6-8-15)17-20-21-18(25-17)26-13(3)4;1-9(2)11-5-7-12(8-6-11)13-15-16-14(17-13)18-10(3)4;1-5(2)7-9-10-8(11-7)12-6(3)4/h5-8,11-13H,9-10H2,1-4H3;5-10H,1-4H3;5-6H,1-4H3. The molecule has 0 unspecified atom stereocenters. The molecule has 0 N–H and O–H groups in total. The number of ether oxygens (including phenoxy) is 1. The van der Waals surface area contributed by atoms with E-state index in [2.05, 4.69) is 122 Å². The maximum Gasteiger partial charge on any atom is 0.277 e. The molecule has 13 nitrogen and oxygen atoms in total. The second kappa shape index (κ2) is 22.0. The van der Waals surface area contributed by atoms with Gasteiger partial charge in [-0.15, -0.1) is 35.7 Å². The lowest BCUT2D eigenvalue weighted by Gasteiger charge is -2.06. The van der Waals surface area contributed by atoms with Crippen LogP contribution in [0.4, 0.5) is 0 Å². The number of benzene rings is 2. The summed E-state index contributed by atoms with van der Waals surface area (Å²) in [6, 6.07) is 15.9. The van der Waals surface area contributed by atoms with E-state index in [-0.39, 0.29) is 0 Å². The van der Waals surface area contributed by atoms with Gasteiger partial charge in [0.1, 0.15) is 12.4 Å². The average molecular weight is 822 g/mol. The minimum absolute atomic E-state index is 0.319. The first-order chi connectivity index (χ1) is 26.7. The highest BCUT2D eigenvalue weighted by Gasteiger charge is 2.13. The fourth-order valence-corrected chi connectivity index (χ4v) is 6.36. The van der Waals surface area contributed by atoms with Crippen molar-refractivity contribution >= 4 is 35.3 Å². The van der Waals surface area contributed by atoms with Gasteiger partial charge >= 0.3 is 0 Å². The van der Waals surface area contributed by atoms with Gasteiger partial charge in [-0.2, -0.15) is 0 Å². The summed E-state index contributed by atoms with van der Waals surface area (Å²) < 4.78 is 24.3. The normalized spacial score (nSPS) is 11.5.